The quantitative estimate of drug-likeness (QED) is 0.654. The Bertz CT molecular complexity index is 590. The first-order valence-corrected chi connectivity index (χ1v) is 5.69. The van der Waals surface area contributed by atoms with Crippen LogP contribution in [0.5, 0.6) is 0 Å². The van der Waals surface area contributed by atoms with E-state index in [1.165, 1.54) is 7.11 Å². The number of carbonyl (C=O) groups is 1. The van der Waals surface area contributed by atoms with Crippen molar-refractivity contribution in [3.63, 3.8) is 0 Å². The number of hydrazone groups is 1. The van der Waals surface area contributed by atoms with Gasteiger partial charge < -0.3 is 9.72 Å². The van der Waals surface area contributed by atoms with E-state index in [0.717, 1.165) is 17.1 Å². The van der Waals surface area contributed by atoms with Gasteiger partial charge in [0, 0.05) is 5.56 Å². The van der Waals surface area contributed by atoms with Crippen molar-refractivity contribution in [2.45, 2.75) is 6.92 Å². The van der Waals surface area contributed by atoms with Gasteiger partial charge in [-0.05, 0) is 6.92 Å². The van der Waals surface area contributed by atoms with Crippen LogP contribution in [0.1, 0.15) is 12.6 Å². The Morgan fingerprint density at radius 1 is 1.37 bits per heavy atom. The molecule has 1 aromatic carbocycles. The maximum Gasteiger partial charge on any atom is 0.427 e. The van der Waals surface area contributed by atoms with E-state index in [2.05, 4.69) is 25.2 Å². The molecule has 98 valence electrons. The highest BCUT2D eigenvalue weighted by Crippen LogP contribution is 2.14. The fourth-order valence-electron chi connectivity index (χ4n) is 1.48. The number of amides is 1. The van der Waals surface area contributed by atoms with Gasteiger partial charge in [-0.1, -0.05) is 30.3 Å². The third kappa shape index (κ3) is 3.19. The number of nitrogens with one attached hydrogen (secondary N) is 2. The van der Waals surface area contributed by atoms with Gasteiger partial charge in [0.2, 0.25) is 0 Å². The summed E-state index contributed by atoms with van der Waals surface area (Å²) in [6, 6.07) is 9.75. The molecule has 1 amide bonds. The Balaban J connectivity index is 2.15. The molecule has 0 bridgehead atoms. The number of aromatic nitrogens is 2. The second-order valence-electron chi connectivity index (χ2n) is 3.81. The highest BCUT2D eigenvalue weighted by atomic mass is 16.5. The van der Waals surface area contributed by atoms with Gasteiger partial charge in [-0.3, -0.25) is 0 Å². The monoisotopic (exact) mass is 258 g/mol. The molecule has 0 aliphatic rings. The Morgan fingerprint density at radius 3 is 2.79 bits per heavy atom. The zero-order valence-electron chi connectivity index (χ0n) is 10.7. The fourth-order valence-corrected chi connectivity index (χ4v) is 1.48. The maximum absolute atomic E-state index is 10.9. The minimum Gasteiger partial charge on any atom is -0.452 e. The molecular weight excluding hydrogens is 244 g/mol. The Labute approximate surface area is 110 Å². The molecular formula is C13H14N4O2. The van der Waals surface area contributed by atoms with Crippen molar-refractivity contribution >= 4 is 11.8 Å². The summed E-state index contributed by atoms with van der Waals surface area (Å²) < 4.78 is 4.43. The number of hydrogen-bond donors (Lipinski definition) is 2. The molecule has 0 spiro atoms. The summed E-state index contributed by atoms with van der Waals surface area (Å²) in [6.45, 7) is 1.76. The van der Waals surface area contributed by atoms with Crippen LogP contribution in [0.4, 0.5) is 4.79 Å². The van der Waals surface area contributed by atoms with Crippen molar-refractivity contribution < 1.29 is 9.53 Å². The van der Waals surface area contributed by atoms with Crippen molar-refractivity contribution in [1.82, 2.24) is 15.4 Å². The maximum atomic E-state index is 10.9. The fraction of sp³-hybridized carbons (Fsp3) is 0.154. The normalized spacial score (nSPS) is 11.2. The number of ether oxygens (including phenoxy) is 1. The van der Waals surface area contributed by atoms with E-state index in [0.29, 0.717) is 5.71 Å². The number of benzene rings is 1. The number of carbonyl (C=O) groups excluding carboxylic acids is 1. The molecule has 1 heterocycles. The minimum absolute atomic E-state index is 0.609. The molecule has 0 saturated heterocycles. The van der Waals surface area contributed by atoms with Crippen LogP contribution in [0.15, 0.2) is 41.6 Å². The largest absolute Gasteiger partial charge is 0.452 e. The molecule has 6 heteroatoms. The summed E-state index contributed by atoms with van der Waals surface area (Å²) >= 11 is 0. The number of rotatable bonds is 3. The highest BCUT2D eigenvalue weighted by Gasteiger charge is 2.06. The van der Waals surface area contributed by atoms with Crippen LogP contribution in [-0.4, -0.2) is 28.9 Å². The molecule has 0 unspecified atom stereocenters. The van der Waals surface area contributed by atoms with E-state index in [-0.39, 0.29) is 0 Å². The highest BCUT2D eigenvalue weighted by molar-refractivity contribution is 5.97. The van der Waals surface area contributed by atoms with Gasteiger partial charge in [0.25, 0.3) is 0 Å². The van der Waals surface area contributed by atoms with Crippen LogP contribution in [0, 0.1) is 0 Å². The van der Waals surface area contributed by atoms with Crippen molar-refractivity contribution in [3.8, 4) is 11.4 Å². The number of imidazole rings is 1. The topological polar surface area (TPSA) is 79.4 Å². The van der Waals surface area contributed by atoms with Crippen LogP contribution in [0.3, 0.4) is 0 Å². The first kappa shape index (κ1) is 12.8. The van der Waals surface area contributed by atoms with Crippen LogP contribution >= 0.6 is 0 Å². The molecule has 0 saturated carbocycles. The molecule has 2 aromatic rings. The van der Waals surface area contributed by atoms with Gasteiger partial charge in [-0.2, -0.15) is 5.10 Å². The number of methoxy groups -OCH3 is 1. The number of aromatic amines is 1. The van der Waals surface area contributed by atoms with Crippen molar-refractivity contribution in [2.24, 2.45) is 5.10 Å². The van der Waals surface area contributed by atoms with Crippen LogP contribution in [-0.2, 0) is 4.74 Å². The first-order valence-electron chi connectivity index (χ1n) is 5.69. The number of H-pyrrole nitrogens is 1. The van der Waals surface area contributed by atoms with Crippen molar-refractivity contribution in [2.75, 3.05) is 7.11 Å². The molecule has 0 atom stereocenters. The lowest BCUT2D eigenvalue weighted by Gasteiger charge is -1.99. The van der Waals surface area contributed by atoms with Crippen LogP contribution in [0.25, 0.3) is 11.4 Å². The van der Waals surface area contributed by atoms with E-state index in [9.17, 15) is 4.79 Å². The molecule has 2 rings (SSSR count). The average Bonchev–Trinajstić information content (AvgIpc) is 2.95. The number of nitrogens with zero attached hydrogens (tertiary/aromatic N) is 2. The van der Waals surface area contributed by atoms with E-state index in [4.69, 9.17) is 0 Å². The summed E-state index contributed by atoms with van der Waals surface area (Å²) in [4.78, 5) is 18.3. The van der Waals surface area contributed by atoms with E-state index in [1.807, 2.05) is 30.3 Å². The molecule has 6 nitrogen and oxygen atoms in total. The van der Waals surface area contributed by atoms with E-state index in [1.54, 1.807) is 13.1 Å². The summed E-state index contributed by atoms with van der Waals surface area (Å²) in [5, 5.41) is 3.89. The van der Waals surface area contributed by atoms with Gasteiger partial charge in [-0.25, -0.2) is 15.2 Å². The Hall–Kier alpha value is -2.63. The van der Waals surface area contributed by atoms with Crippen molar-refractivity contribution in [3.05, 3.63) is 42.2 Å². The minimum atomic E-state index is -0.609. The summed E-state index contributed by atoms with van der Waals surface area (Å²) in [6.07, 6.45) is 1.06. The van der Waals surface area contributed by atoms with Crippen LogP contribution < -0.4 is 5.43 Å². The third-order valence-corrected chi connectivity index (χ3v) is 2.51. The Morgan fingerprint density at radius 2 is 2.11 bits per heavy atom. The zero-order chi connectivity index (χ0) is 13.7. The summed E-state index contributed by atoms with van der Waals surface area (Å²) in [5.74, 6) is 0.753. The molecule has 0 fully saturated rings. The average molecular weight is 258 g/mol. The number of hydrogen-bond acceptors (Lipinski definition) is 4. The van der Waals surface area contributed by atoms with Gasteiger partial charge >= 0.3 is 6.09 Å². The Kier molecular flexibility index (Phi) is 3.92. The van der Waals surface area contributed by atoms with Gasteiger partial charge in [-0.15, -0.1) is 0 Å². The van der Waals surface area contributed by atoms with Gasteiger partial charge in [0.05, 0.1) is 24.7 Å². The van der Waals surface area contributed by atoms with Gasteiger partial charge in [0.15, 0.2) is 0 Å². The molecule has 0 aliphatic carbocycles. The third-order valence-electron chi connectivity index (χ3n) is 2.51. The van der Waals surface area contributed by atoms with E-state index >= 15 is 0 Å². The molecule has 2 N–H and O–H groups in total. The zero-order valence-corrected chi connectivity index (χ0v) is 10.7. The van der Waals surface area contributed by atoms with Crippen LogP contribution in [0.2, 0.25) is 0 Å². The molecule has 0 radical (unpaired) electrons. The lowest BCUT2D eigenvalue weighted by molar-refractivity contribution is 0.171. The second-order valence-corrected chi connectivity index (χ2v) is 3.81. The van der Waals surface area contributed by atoms with Crippen molar-refractivity contribution in [1.29, 1.82) is 0 Å². The molecule has 19 heavy (non-hydrogen) atoms. The second kappa shape index (κ2) is 5.81. The molecule has 0 aliphatic heterocycles. The SMILES string of the molecule is COC(=O)NN=C(C)c1cnc(-c2ccccc2)[nH]1. The lowest BCUT2D eigenvalue weighted by Crippen LogP contribution is -2.18. The smallest absolute Gasteiger partial charge is 0.427 e. The first-order chi connectivity index (χ1) is 9.20. The molecule has 1 aromatic heterocycles. The lowest BCUT2D eigenvalue weighted by atomic mass is 10.2. The standard InChI is InChI=1S/C13H14N4O2/c1-9(16-17-13(18)19-2)11-8-14-12(15-11)10-6-4-3-5-7-10/h3-8H,1-2H3,(H,14,15)(H,17,18). The summed E-state index contributed by atoms with van der Waals surface area (Å²) in [7, 11) is 1.28. The van der Waals surface area contributed by atoms with E-state index < -0.39 is 6.09 Å². The summed E-state index contributed by atoms with van der Waals surface area (Å²) in [5.41, 5.74) is 4.59. The van der Waals surface area contributed by atoms with Gasteiger partial charge in [0.1, 0.15) is 5.82 Å². The predicted octanol–water partition coefficient (Wildman–Crippen LogP) is 2.16. The predicted molar refractivity (Wildman–Crippen MR) is 71.8 cm³/mol.